The van der Waals surface area contributed by atoms with Gasteiger partial charge in [-0.3, -0.25) is 0 Å². The van der Waals surface area contributed by atoms with Crippen molar-refractivity contribution >= 4 is 0 Å². The number of benzene rings is 1. The van der Waals surface area contributed by atoms with Crippen LogP contribution >= 0.6 is 0 Å². The number of hydrogen-bond donors (Lipinski definition) is 1. The third-order valence-electron chi connectivity index (χ3n) is 4.17. The first-order valence-electron chi connectivity index (χ1n) is 7.04. The van der Waals surface area contributed by atoms with Crippen molar-refractivity contribution in [1.29, 1.82) is 0 Å². The molecule has 1 saturated carbocycles. The normalized spacial score (nSPS) is 16.6. The Balaban J connectivity index is 1.80. The lowest BCUT2D eigenvalue weighted by Gasteiger charge is -2.11. The summed E-state index contributed by atoms with van der Waals surface area (Å²) in [7, 11) is 0. The van der Waals surface area contributed by atoms with E-state index in [2.05, 4.69) is 55.1 Å². The monoisotopic (exact) mass is 255 g/mol. The van der Waals surface area contributed by atoms with Crippen LogP contribution in [0.4, 0.5) is 0 Å². The maximum absolute atomic E-state index is 10.1. The summed E-state index contributed by atoms with van der Waals surface area (Å²) < 4.78 is 2.18. The Labute approximate surface area is 114 Å². The molecule has 2 heteroatoms. The van der Waals surface area contributed by atoms with Crippen LogP contribution < -0.4 is 0 Å². The minimum absolute atomic E-state index is 0.265. The Morgan fingerprint density at radius 1 is 1.21 bits per heavy atom. The van der Waals surface area contributed by atoms with Crippen LogP contribution in [0.15, 0.2) is 36.7 Å². The average Bonchev–Trinajstić information content (AvgIpc) is 3.13. The van der Waals surface area contributed by atoms with Crippen molar-refractivity contribution in [3.05, 3.63) is 58.9 Å². The van der Waals surface area contributed by atoms with E-state index in [1.807, 2.05) is 0 Å². The van der Waals surface area contributed by atoms with Gasteiger partial charge in [-0.15, -0.1) is 0 Å². The highest BCUT2D eigenvalue weighted by atomic mass is 16.3. The van der Waals surface area contributed by atoms with Crippen molar-refractivity contribution in [2.75, 3.05) is 0 Å². The SMILES string of the molecule is Cc1cccc(C)c1Cn1ccc(C(O)C2CC2)c1. The van der Waals surface area contributed by atoms with E-state index in [0.29, 0.717) is 5.92 Å². The first-order chi connectivity index (χ1) is 9.15. The molecule has 1 N–H and O–H groups in total. The summed E-state index contributed by atoms with van der Waals surface area (Å²) in [6.45, 7) is 5.20. The Morgan fingerprint density at radius 3 is 2.53 bits per heavy atom. The minimum Gasteiger partial charge on any atom is -0.388 e. The second-order valence-corrected chi connectivity index (χ2v) is 5.77. The molecule has 1 aliphatic carbocycles. The number of aliphatic hydroxyl groups is 1. The number of hydrogen-bond acceptors (Lipinski definition) is 1. The zero-order valence-electron chi connectivity index (χ0n) is 11.6. The van der Waals surface area contributed by atoms with Gasteiger partial charge in [-0.25, -0.2) is 0 Å². The van der Waals surface area contributed by atoms with Crippen molar-refractivity contribution < 1.29 is 5.11 Å². The number of aromatic nitrogens is 1. The molecule has 0 bridgehead atoms. The summed E-state index contributed by atoms with van der Waals surface area (Å²) in [5, 5.41) is 10.1. The molecule has 2 aromatic rings. The first kappa shape index (κ1) is 12.5. The van der Waals surface area contributed by atoms with E-state index in [9.17, 15) is 5.11 Å². The molecule has 1 fully saturated rings. The maximum Gasteiger partial charge on any atom is 0.0832 e. The smallest absolute Gasteiger partial charge is 0.0832 e. The summed E-state index contributed by atoms with van der Waals surface area (Å²) in [4.78, 5) is 0. The van der Waals surface area contributed by atoms with Crippen molar-refractivity contribution in [3.8, 4) is 0 Å². The third kappa shape index (κ3) is 2.59. The van der Waals surface area contributed by atoms with E-state index >= 15 is 0 Å². The lowest BCUT2D eigenvalue weighted by Crippen LogP contribution is -2.02. The van der Waals surface area contributed by atoms with Gasteiger partial charge in [0.1, 0.15) is 0 Å². The van der Waals surface area contributed by atoms with Gasteiger partial charge in [0.15, 0.2) is 0 Å². The van der Waals surface area contributed by atoms with Gasteiger partial charge < -0.3 is 9.67 Å². The molecule has 100 valence electrons. The summed E-state index contributed by atoms with van der Waals surface area (Å²) in [6, 6.07) is 8.47. The van der Waals surface area contributed by atoms with Crippen molar-refractivity contribution in [1.82, 2.24) is 4.57 Å². The first-order valence-corrected chi connectivity index (χ1v) is 7.04. The molecule has 2 nitrogen and oxygen atoms in total. The largest absolute Gasteiger partial charge is 0.388 e. The molecule has 3 rings (SSSR count). The predicted octanol–water partition coefficient (Wildman–Crippen LogP) is 3.60. The van der Waals surface area contributed by atoms with Gasteiger partial charge in [-0.05, 0) is 60.9 Å². The van der Waals surface area contributed by atoms with Gasteiger partial charge >= 0.3 is 0 Å². The van der Waals surface area contributed by atoms with E-state index in [-0.39, 0.29) is 6.10 Å². The van der Waals surface area contributed by atoms with Crippen LogP contribution in [0, 0.1) is 19.8 Å². The zero-order chi connectivity index (χ0) is 13.4. The Hall–Kier alpha value is -1.54. The van der Waals surface area contributed by atoms with E-state index in [1.165, 1.54) is 29.5 Å². The Kier molecular flexibility index (Phi) is 3.19. The van der Waals surface area contributed by atoms with Crippen LogP contribution in [-0.4, -0.2) is 9.67 Å². The van der Waals surface area contributed by atoms with Gasteiger partial charge in [0.25, 0.3) is 0 Å². The molecule has 1 aromatic carbocycles. The lowest BCUT2D eigenvalue weighted by molar-refractivity contribution is 0.154. The second kappa shape index (κ2) is 4.86. The van der Waals surface area contributed by atoms with Crippen LogP contribution in [0.1, 0.15) is 41.2 Å². The van der Waals surface area contributed by atoms with Gasteiger partial charge in [-0.2, -0.15) is 0 Å². The molecule has 19 heavy (non-hydrogen) atoms. The molecule has 1 heterocycles. The van der Waals surface area contributed by atoms with E-state index in [0.717, 1.165) is 12.1 Å². The highest BCUT2D eigenvalue weighted by molar-refractivity contribution is 5.34. The summed E-state index contributed by atoms with van der Waals surface area (Å²) in [6.07, 6.45) is 6.24. The molecule has 0 radical (unpaired) electrons. The van der Waals surface area contributed by atoms with Crippen molar-refractivity contribution in [2.45, 2.75) is 39.3 Å². The number of nitrogens with zero attached hydrogens (tertiary/aromatic N) is 1. The molecule has 1 unspecified atom stereocenters. The molecule has 0 saturated heterocycles. The molecule has 1 aromatic heterocycles. The Morgan fingerprint density at radius 2 is 1.89 bits per heavy atom. The van der Waals surface area contributed by atoms with Gasteiger partial charge in [-0.1, -0.05) is 18.2 Å². The molecule has 1 aliphatic rings. The van der Waals surface area contributed by atoms with Crippen LogP contribution in [0.5, 0.6) is 0 Å². The summed E-state index contributed by atoms with van der Waals surface area (Å²) >= 11 is 0. The van der Waals surface area contributed by atoms with Crippen molar-refractivity contribution in [3.63, 3.8) is 0 Å². The van der Waals surface area contributed by atoms with Gasteiger partial charge in [0.2, 0.25) is 0 Å². The van der Waals surface area contributed by atoms with Gasteiger partial charge in [0.05, 0.1) is 6.10 Å². The lowest BCUT2D eigenvalue weighted by atomic mass is 10.0. The highest BCUT2D eigenvalue weighted by Crippen LogP contribution is 2.40. The topological polar surface area (TPSA) is 25.2 Å². The van der Waals surface area contributed by atoms with E-state index < -0.39 is 0 Å². The van der Waals surface area contributed by atoms with E-state index in [4.69, 9.17) is 0 Å². The van der Waals surface area contributed by atoms with E-state index in [1.54, 1.807) is 0 Å². The highest BCUT2D eigenvalue weighted by Gasteiger charge is 2.31. The summed E-state index contributed by atoms with van der Waals surface area (Å²) in [5.74, 6) is 0.496. The molecule has 1 atom stereocenters. The maximum atomic E-state index is 10.1. The average molecular weight is 255 g/mol. The van der Waals surface area contributed by atoms with Crippen molar-refractivity contribution in [2.24, 2.45) is 5.92 Å². The van der Waals surface area contributed by atoms with Gasteiger partial charge in [0, 0.05) is 18.9 Å². The standard InChI is InChI=1S/C17H21NO/c1-12-4-3-5-13(2)16(12)11-18-9-8-15(10-18)17(19)14-6-7-14/h3-5,8-10,14,17,19H,6-7,11H2,1-2H3. The number of rotatable bonds is 4. The molecular formula is C17H21NO. The molecule has 0 spiro atoms. The third-order valence-corrected chi connectivity index (χ3v) is 4.17. The van der Waals surface area contributed by atoms with Crippen LogP contribution in [0.25, 0.3) is 0 Å². The summed E-state index contributed by atoms with van der Waals surface area (Å²) in [5.41, 5.74) is 5.11. The minimum atomic E-state index is -0.265. The second-order valence-electron chi connectivity index (χ2n) is 5.77. The Bertz CT molecular complexity index is 560. The zero-order valence-corrected chi connectivity index (χ0v) is 11.6. The molecule has 0 aliphatic heterocycles. The fourth-order valence-corrected chi connectivity index (χ4v) is 2.70. The number of aliphatic hydroxyl groups excluding tert-OH is 1. The van der Waals surface area contributed by atoms with Crippen LogP contribution in [0.3, 0.4) is 0 Å². The fraction of sp³-hybridized carbons (Fsp3) is 0.412. The quantitative estimate of drug-likeness (QED) is 0.887. The van der Waals surface area contributed by atoms with Crippen LogP contribution in [0.2, 0.25) is 0 Å². The molecular weight excluding hydrogens is 234 g/mol. The fourth-order valence-electron chi connectivity index (χ4n) is 2.70. The van der Waals surface area contributed by atoms with Crippen LogP contribution in [-0.2, 0) is 6.54 Å². The number of aryl methyl sites for hydroxylation is 2. The molecule has 0 amide bonds. The predicted molar refractivity (Wildman–Crippen MR) is 77.1 cm³/mol.